The molecule has 0 saturated heterocycles. The molecule has 0 unspecified atom stereocenters. The molecule has 26 heavy (non-hydrogen) atoms. The van der Waals surface area contributed by atoms with Crippen LogP contribution in [0.25, 0.3) is 0 Å². The molecule has 0 fully saturated rings. The molecule has 0 atom stereocenters. The van der Waals surface area contributed by atoms with Gasteiger partial charge in [0.1, 0.15) is 0 Å². The summed E-state index contributed by atoms with van der Waals surface area (Å²) in [6.45, 7) is 0.218. The van der Waals surface area contributed by atoms with Gasteiger partial charge in [-0.3, -0.25) is 0 Å². The van der Waals surface area contributed by atoms with Crippen LogP contribution in [0.15, 0.2) is 30.3 Å². The minimum Gasteiger partial charge on any atom is -0.493 e. The van der Waals surface area contributed by atoms with Crippen LogP contribution in [0.5, 0.6) is 23.0 Å². The lowest BCUT2D eigenvalue weighted by atomic mass is 10.1. The Kier molecular flexibility index (Phi) is 5.94. The zero-order valence-corrected chi connectivity index (χ0v) is 16.1. The molecule has 0 spiro atoms. The lowest BCUT2D eigenvalue weighted by Crippen LogP contribution is -1.92. The normalized spacial score (nSPS) is 11.0. The standard InChI is InChI=1S/C21H17BrO4/c1-23-18-9-7-15(11-19(18)24-2)6-8-17-13-21-20(25-14-26-21)12-16(17)5-3-4-10-22/h7,9,11-13H,4,10,14H2,1-2H3. The van der Waals surface area contributed by atoms with Crippen molar-refractivity contribution in [1.29, 1.82) is 0 Å². The Labute approximate surface area is 161 Å². The number of methoxy groups -OCH3 is 2. The first kappa shape index (κ1) is 18.0. The van der Waals surface area contributed by atoms with Gasteiger partial charge in [-0.25, -0.2) is 0 Å². The van der Waals surface area contributed by atoms with Crippen molar-refractivity contribution in [3.05, 3.63) is 47.0 Å². The molecule has 0 radical (unpaired) electrons. The summed E-state index contributed by atoms with van der Waals surface area (Å²) >= 11 is 3.38. The van der Waals surface area contributed by atoms with Crippen molar-refractivity contribution in [2.24, 2.45) is 0 Å². The van der Waals surface area contributed by atoms with Gasteiger partial charge >= 0.3 is 0 Å². The number of alkyl halides is 1. The zero-order valence-electron chi connectivity index (χ0n) is 14.5. The van der Waals surface area contributed by atoms with Gasteiger partial charge < -0.3 is 18.9 Å². The van der Waals surface area contributed by atoms with Crippen molar-refractivity contribution in [2.75, 3.05) is 26.3 Å². The Hall–Kier alpha value is -2.76. The van der Waals surface area contributed by atoms with Crippen LogP contribution in [0.2, 0.25) is 0 Å². The number of rotatable bonds is 3. The van der Waals surface area contributed by atoms with Gasteiger partial charge in [-0.15, -0.1) is 0 Å². The first-order valence-corrected chi connectivity index (χ1v) is 9.10. The van der Waals surface area contributed by atoms with Gasteiger partial charge in [0.2, 0.25) is 6.79 Å². The number of fused-ring (bicyclic) bond motifs is 1. The van der Waals surface area contributed by atoms with Gasteiger partial charge in [-0.2, -0.15) is 0 Å². The van der Waals surface area contributed by atoms with Crippen LogP contribution >= 0.6 is 15.9 Å². The second kappa shape index (κ2) is 8.56. The summed E-state index contributed by atoms with van der Waals surface area (Å²) in [4.78, 5) is 0. The average molecular weight is 413 g/mol. The maximum atomic E-state index is 5.46. The summed E-state index contributed by atoms with van der Waals surface area (Å²) in [7, 11) is 3.21. The van der Waals surface area contributed by atoms with Crippen molar-refractivity contribution in [2.45, 2.75) is 6.42 Å². The van der Waals surface area contributed by atoms with Crippen molar-refractivity contribution in [1.82, 2.24) is 0 Å². The Bertz CT molecular complexity index is 929. The van der Waals surface area contributed by atoms with Crippen molar-refractivity contribution >= 4 is 15.9 Å². The van der Waals surface area contributed by atoms with Crippen LogP contribution in [0.4, 0.5) is 0 Å². The first-order chi connectivity index (χ1) is 12.7. The molecule has 5 heteroatoms. The molecule has 3 rings (SSSR count). The maximum absolute atomic E-state index is 5.46. The molecule has 4 nitrogen and oxygen atoms in total. The molecule has 0 N–H and O–H groups in total. The zero-order chi connectivity index (χ0) is 18.4. The summed E-state index contributed by atoms with van der Waals surface area (Å²) in [5.41, 5.74) is 2.44. The fraction of sp³-hybridized carbons (Fsp3) is 0.238. The summed E-state index contributed by atoms with van der Waals surface area (Å²) < 4.78 is 21.5. The Balaban J connectivity index is 1.97. The highest BCUT2D eigenvalue weighted by atomic mass is 79.9. The van der Waals surface area contributed by atoms with E-state index in [1.807, 2.05) is 30.3 Å². The average Bonchev–Trinajstić information content (AvgIpc) is 3.13. The molecule has 0 amide bonds. The number of hydrogen-bond acceptors (Lipinski definition) is 4. The SMILES string of the molecule is COc1ccc(C#Cc2cc3c(cc2C#CCCBr)OCO3)cc1OC. The molecule has 0 bridgehead atoms. The van der Waals surface area contributed by atoms with Gasteiger partial charge in [-0.1, -0.05) is 39.6 Å². The van der Waals surface area contributed by atoms with E-state index in [2.05, 4.69) is 39.6 Å². The minimum atomic E-state index is 0.218. The summed E-state index contributed by atoms with van der Waals surface area (Å²) in [5.74, 6) is 15.3. The second-order valence-electron chi connectivity index (χ2n) is 5.31. The third kappa shape index (κ3) is 4.07. The highest BCUT2D eigenvalue weighted by Gasteiger charge is 2.15. The lowest BCUT2D eigenvalue weighted by molar-refractivity contribution is 0.174. The van der Waals surface area contributed by atoms with Crippen molar-refractivity contribution < 1.29 is 18.9 Å². The van der Waals surface area contributed by atoms with E-state index in [-0.39, 0.29) is 6.79 Å². The molecule has 0 aromatic heterocycles. The van der Waals surface area contributed by atoms with Crippen LogP contribution in [-0.4, -0.2) is 26.3 Å². The third-order valence-electron chi connectivity index (χ3n) is 3.68. The van der Waals surface area contributed by atoms with Gasteiger partial charge in [0, 0.05) is 40.6 Å². The third-order valence-corrected chi connectivity index (χ3v) is 4.08. The van der Waals surface area contributed by atoms with Gasteiger partial charge in [0.25, 0.3) is 0 Å². The van der Waals surface area contributed by atoms with E-state index in [0.29, 0.717) is 23.0 Å². The fourth-order valence-corrected chi connectivity index (χ4v) is 2.61. The van der Waals surface area contributed by atoms with Crippen LogP contribution < -0.4 is 18.9 Å². The highest BCUT2D eigenvalue weighted by Crippen LogP contribution is 2.34. The van der Waals surface area contributed by atoms with Crippen LogP contribution in [0.1, 0.15) is 23.1 Å². The van der Waals surface area contributed by atoms with Crippen LogP contribution in [0.3, 0.4) is 0 Å². The van der Waals surface area contributed by atoms with E-state index in [9.17, 15) is 0 Å². The highest BCUT2D eigenvalue weighted by molar-refractivity contribution is 9.09. The second-order valence-corrected chi connectivity index (χ2v) is 6.10. The quantitative estimate of drug-likeness (QED) is 0.564. The summed E-state index contributed by atoms with van der Waals surface area (Å²) in [6.07, 6.45) is 0.761. The predicted molar refractivity (Wildman–Crippen MR) is 103 cm³/mol. The minimum absolute atomic E-state index is 0.218. The van der Waals surface area contributed by atoms with E-state index in [4.69, 9.17) is 18.9 Å². The van der Waals surface area contributed by atoms with Crippen LogP contribution in [0, 0.1) is 23.7 Å². The van der Waals surface area contributed by atoms with Crippen molar-refractivity contribution in [3.63, 3.8) is 0 Å². The fourth-order valence-electron chi connectivity index (χ4n) is 2.41. The van der Waals surface area contributed by atoms with Crippen LogP contribution in [-0.2, 0) is 0 Å². The summed E-state index contributed by atoms with van der Waals surface area (Å²) in [5, 5.41) is 0.831. The summed E-state index contributed by atoms with van der Waals surface area (Å²) in [6, 6.07) is 9.31. The number of halogens is 1. The molecule has 2 aromatic carbocycles. The van der Waals surface area contributed by atoms with Gasteiger partial charge in [0.05, 0.1) is 14.2 Å². The van der Waals surface area contributed by atoms with E-state index in [1.54, 1.807) is 14.2 Å². The molecule has 1 aliphatic rings. The van der Waals surface area contributed by atoms with Gasteiger partial charge in [0.15, 0.2) is 23.0 Å². The Morgan fingerprint density at radius 3 is 2.27 bits per heavy atom. The topological polar surface area (TPSA) is 36.9 Å². The van der Waals surface area contributed by atoms with E-state index in [0.717, 1.165) is 28.4 Å². The van der Waals surface area contributed by atoms with E-state index in [1.165, 1.54) is 0 Å². The smallest absolute Gasteiger partial charge is 0.231 e. The molecule has 132 valence electrons. The van der Waals surface area contributed by atoms with Gasteiger partial charge in [-0.05, 0) is 18.2 Å². The maximum Gasteiger partial charge on any atom is 0.231 e. The molecule has 1 aliphatic heterocycles. The molecule has 1 heterocycles. The molecular weight excluding hydrogens is 396 g/mol. The molecule has 2 aromatic rings. The van der Waals surface area contributed by atoms with E-state index >= 15 is 0 Å². The molecule has 0 saturated carbocycles. The Morgan fingerprint density at radius 1 is 0.923 bits per heavy atom. The number of hydrogen-bond donors (Lipinski definition) is 0. The van der Waals surface area contributed by atoms with Crippen molar-refractivity contribution in [3.8, 4) is 46.7 Å². The van der Waals surface area contributed by atoms with E-state index < -0.39 is 0 Å². The molecular formula is C21H17BrO4. The molecule has 0 aliphatic carbocycles. The first-order valence-electron chi connectivity index (χ1n) is 7.97. The number of benzene rings is 2. The monoisotopic (exact) mass is 412 g/mol. The predicted octanol–water partition coefficient (Wildman–Crippen LogP) is 3.97. The number of ether oxygens (including phenoxy) is 4. The lowest BCUT2D eigenvalue weighted by Gasteiger charge is -2.06. The largest absolute Gasteiger partial charge is 0.493 e. The Morgan fingerprint density at radius 2 is 1.62 bits per heavy atom.